The van der Waals surface area contributed by atoms with E-state index in [0.717, 1.165) is 5.56 Å². The van der Waals surface area contributed by atoms with Crippen molar-refractivity contribution in [3.8, 4) is 5.75 Å². The molecule has 0 spiro atoms. The second-order valence-electron chi connectivity index (χ2n) is 7.02. The molecule has 0 atom stereocenters. The maximum atomic E-state index is 12.3. The van der Waals surface area contributed by atoms with Crippen LogP contribution >= 0.6 is 0 Å². The van der Waals surface area contributed by atoms with Crippen LogP contribution in [0.4, 0.5) is 13.2 Å². The highest BCUT2D eigenvalue weighted by Gasteiger charge is 2.29. The average molecular weight is 386 g/mol. The van der Waals surface area contributed by atoms with Gasteiger partial charge in [-0.05, 0) is 30.5 Å². The number of nitrogens with one attached hydrogen (secondary N) is 1. The third-order valence-corrected chi connectivity index (χ3v) is 4.46. The summed E-state index contributed by atoms with van der Waals surface area (Å²) in [6.07, 6.45) is -3.11. The minimum Gasteiger partial charge on any atom is -0.484 e. The molecule has 5 nitrogen and oxygen atoms in total. The molecule has 1 aliphatic heterocycles. The van der Waals surface area contributed by atoms with E-state index in [2.05, 4.69) is 10.1 Å². The van der Waals surface area contributed by atoms with Gasteiger partial charge in [0.25, 0.3) is 0 Å². The number of alkyl halides is 3. The van der Waals surface area contributed by atoms with Crippen molar-refractivity contribution in [1.82, 2.24) is 10.2 Å². The minimum atomic E-state index is -4.37. The second-order valence-corrected chi connectivity index (χ2v) is 7.02. The molecule has 0 aliphatic carbocycles. The first-order chi connectivity index (χ1) is 12.7. The lowest BCUT2D eigenvalue weighted by Crippen LogP contribution is -2.44. The molecule has 1 aliphatic rings. The van der Waals surface area contributed by atoms with Crippen molar-refractivity contribution >= 4 is 11.8 Å². The fourth-order valence-corrected chi connectivity index (χ4v) is 2.93. The van der Waals surface area contributed by atoms with Crippen LogP contribution in [0.3, 0.4) is 0 Å². The van der Waals surface area contributed by atoms with E-state index in [1.807, 2.05) is 13.8 Å². The molecule has 8 heteroatoms. The molecular weight excluding hydrogens is 361 g/mol. The van der Waals surface area contributed by atoms with Crippen molar-refractivity contribution in [3.63, 3.8) is 0 Å². The van der Waals surface area contributed by atoms with Gasteiger partial charge in [-0.3, -0.25) is 9.59 Å². The van der Waals surface area contributed by atoms with E-state index < -0.39 is 12.8 Å². The molecule has 0 aromatic heterocycles. The first kappa shape index (κ1) is 21.1. The van der Waals surface area contributed by atoms with Gasteiger partial charge in [0.1, 0.15) is 5.75 Å². The summed E-state index contributed by atoms with van der Waals surface area (Å²) >= 11 is 0. The number of hydrogen-bond donors (Lipinski definition) is 1. The van der Waals surface area contributed by atoms with Gasteiger partial charge in [-0.1, -0.05) is 26.0 Å². The van der Waals surface area contributed by atoms with Gasteiger partial charge < -0.3 is 15.0 Å². The molecule has 1 heterocycles. The summed E-state index contributed by atoms with van der Waals surface area (Å²) in [7, 11) is 0. The predicted octanol–water partition coefficient (Wildman–Crippen LogP) is 3.14. The number of halogens is 3. The van der Waals surface area contributed by atoms with Gasteiger partial charge in [0, 0.05) is 31.5 Å². The van der Waals surface area contributed by atoms with Gasteiger partial charge in [0.15, 0.2) is 6.61 Å². The number of nitrogens with zero attached hydrogens (tertiary/aromatic N) is 1. The summed E-state index contributed by atoms with van der Waals surface area (Å²) in [5.41, 5.74) is 0.773. The van der Waals surface area contributed by atoms with Crippen LogP contribution in [0, 0.1) is 11.8 Å². The SMILES string of the molecule is CC(C)C(=O)N1CCC(C(=O)NCc2ccc(OCC(F)(F)F)cc2)CC1. The number of carbonyl (C=O) groups excluding carboxylic acids is 2. The zero-order valence-corrected chi connectivity index (χ0v) is 15.5. The highest BCUT2D eigenvalue weighted by molar-refractivity contribution is 5.80. The van der Waals surface area contributed by atoms with Crippen molar-refractivity contribution < 1.29 is 27.5 Å². The molecule has 0 unspecified atom stereocenters. The first-order valence-electron chi connectivity index (χ1n) is 9.00. The second kappa shape index (κ2) is 9.10. The van der Waals surface area contributed by atoms with Crippen LogP contribution in [0.5, 0.6) is 5.75 Å². The van der Waals surface area contributed by atoms with Gasteiger partial charge in [-0.2, -0.15) is 13.2 Å². The van der Waals surface area contributed by atoms with E-state index in [1.165, 1.54) is 12.1 Å². The van der Waals surface area contributed by atoms with Crippen LogP contribution in [0.1, 0.15) is 32.3 Å². The van der Waals surface area contributed by atoms with Crippen LogP contribution in [0.25, 0.3) is 0 Å². The Kier molecular flexibility index (Phi) is 7.10. The van der Waals surface area contributed by atoms with Crippen molar-refractivity contribution in [1.29, 1.82) is 0 Å². The van der Waals surface area contributed by atoms with E-state index in [4.69, 9.17) is 0 Å². The number of hydrogen-bond acceptors (Lipinski definition) is 3. The topological polar surface area (TPSA) is 58.6 Å². The lowest BCUT2D eigenvalue weighted by Gasteiger charge is -2.32. The standard InChI is InChI=1S/C19H25F3N2O3/c1-13(2)18(26)24-9-7-15(8-10-24)17(25)23-11-14-3-5-16(6-4-14)27-12-19(20,21)22/h3-6,13,15H,7-12H2,1-2H3,(H,23,25). The van der Waals surface area contributed by atoms with Crippen molar-refractivity contribution in [2.45, 2.75) is 39.4 Å². The summed E-state index contributed by atoms with van der Waals surface area (Å²) in [6.45, 7) is 3.85. The van der Waals surface area contributed by atoms with Gasteiger partial charge >= 0.3 is 6.18 Å². The lowest BCUT2D eigenvalue weighted by atomic mass is 9.95. The molecule has 150 valence electrons. The molecule has 27 heavy (non-hydrogen) atoms. The first-order valence-corrected chi connectivity index (χ1v) is 9.00. The Morgan fingerprint density at radius 3 is 2.30 bits per heavy atom. The molecule has 1 saturated heterocycles. The van der Waals surface area contributed by atoms with E-state index >= 15 is 0 Å². The Hall–Kier alpha value is -2.25. The molecule has 0 radical (unpaired) electrons. The fourth-order valence-electron chi connectivity index (χ4n) is 2.93. The van der Waals surface area contributed by atoms with Crippen molar-refractivity contribution in [3.05, 3.63) is 29.8 Å². The number of likely N-dealkylation sites (tertiary alicyclic amines) is 1. The molecular formula is C19H25F3N2O3. The van der Waals surface area contributed by atoms with Crippen molar-refractivity contribution in [2.75, 3.05) is 19.7 Å². The van der Waals surface area contributed by atoms with Crippen LogP contribution in [0.15, 0.2) is 24.3 Å². The van der Waals surface area contributed by atoms with E-state index in [9.17, 15) is 22.8 Å². The normalized spacial score (nSPS) is 15.7. The highest BCUT2D eigenvalue weighted by Crippen LogP contribution is 2.20. The zero-order valence-electron chi connectivity index (χ0n) is 15.5. The number of benzene rings is 1. The number of amides is 2. The Labute approximate surface area is 156 Å². The smallest absolute Gasteiger partial charge is 0.422 e. The molecule has 1 aromatic rings. The zero-order chi connectivity index (χ0) is 20.0. The summed E-state index contributed by atoms with van der Waals surface area (Å²) in [4.78, 5) is 26.1. The van der Waals surface area contributed by atoms with Crippen molar-refractivity contribution in [2.24, 2.45) is 11.8 Å². The number of rotatable bonds is 6. The number of carbonyl (C=O) groups is 2. The summed E-state index contributed by atoms with van der Waals surface area (Å²) in [6, 6.07) is 6.14. The highest BCUT2D eigenvalue weighted by atomic mass is 19.4. The van der Waals surface area contributed by atoms with Crippen LogP contribution < -0.4 is 10.1 Å². The van der Waals surface area contributed by atoms with Gasteiger partial charge in [0.2, 0.25) is 11.8 Å². The molecule has 0 saturated carbocycles. The van der Waals surface area contributed by atoms with Gasteiger partial charge in [-0.25, -0.2) is 0 Å². The number of piperidine rings is 1. The summed E-state index contributed by atoms with van der Waals surface area (Å²) < 4.78 is 41.0. The maximum absolute atomic E-state index is 12.3. The monoisotopic (exact) mass is 386 g/mol. The molecule has 2 amide bonds. The molecule has 2 rings (SSSR count). The number of ether oxygens (including phenoxy) is 1. The van der Waals surface area contributed by atoms with Crippen LogP contribution in [0.2, 0.25) is 0 Å². The third kappa shape index (κ3) is 6.77. The molecule has 0 bridgehead atoms. The summed E-state index contributed by atoms with van der Waals surface area (Å²) in [5, 5.41) is 2.85. The van der Waals surface area contributed by atoms with Crippen LogP contribution in [-0.4, -0.2) is 42.6 Å². The molecule has 1 fully saturated rings. The largest absolute Gasteiger partial charge is 0.484 e. The van der Waals surface area contributed by atoms with E-state index in [0.29, 0.717) is 32.5 Å². The Bertz CT molecular complexity index is 637. The average Bonchev–Trinajstić information content (AvgIpc) is 2.64. The maximum Gasteiger partial charge on any atom is 0.422 e. The van der Waals surface area contributed by atoms with Crippen LogP contribution in [-0.2, 0) is 16.1 Å². The van der Waals surface area contributed by atoms with Gasteiger partial charge in [0.05, 0.1) is 0 Å². The Morgan fingerprint density at radius 2 is 1.78 bits per heavy atom. The predicted molar refractivity (Wildman–Crippen MR) is 94.0 cm³/mol. The quantitative estimate of drug-likeness (QED) is 0.817. The third-order valence-electron chi connectivity index (χ3n) is 4.46. The van der Waals surface area contributed by atoms with Gasteiger partial charge in [-0.15, -0.1) is 0 Å². The Morgan fingerprint density at radius 1 is 1.19 bits per heavy atom. The fraction of sp³-hybridized carbons (Fsp3) is 0.579. The minimum absolute atomic E-state index is 0.0431. The Balaban J connectivity index is 1.75. The van der Waals surface area contributed by atoms with E-state index in [-0.39, 0.29) is 29.4 Å². The summed E-state index contributed by atoms with van der Waals surface area (Å²) in [5.74, 6) is 0.00407. The van der Waals surface area contributed by atoms with E-state index in [1.54, 1.807) is 17.0 Å². The lowest BCUT2D eigenvalue weighted by molar-refractivity contribution is -0.153. The molecule has 1 N–H and O–H groups in total. The molecule has 1 aromatic carbocycles.